The van der Waals surface area contributed by atoms with Gasteiger partial charge < -0.3 is 21.7 Å². The van der Waals surface area contributed by atoms with Crippen molar-refractivity contribution in [3.05, 3.63) is 0 Å². The van der Waals surface area contributed by atoms with Crippen molar-refractivity contribution in [2.75, 3.05) is 43.0 Å². The van der Waals surface area contributed by atoms with Crippen LogP contribution in [0.15, 0.2) is 0 Å². The molecule has 2 heterocycles. The lowest BCUT2D eigenvalue weighted by atomic mass is 10.1. The number of hydrogen-bond donors (Lipinski definition) is 3. The Morgan fingerprint density at radius 1 is 1.00 bits per heavy atom. The first-order chi connectivity index (χ1) is 8.74. The van der Waals surface area contributed by atoms with Crippen molar-refractivity contribution in [2.24, 2.45) is 0 Å². The second kappa shape index (κ2) is 6.34. The van der Waals surface area contributed by atoms with Crippen LogP contribution in [0.25, 0.3) is 0 Å². The average Bonchev–Trinajstić information content (AvgIpc) is 2.35. The van der Waals surface area contributed by atoms with Gasteiger partial charge in [-0.2, -0.15) is 15.0 Å². The molecule has 1 saturated heterocycles. The van der Waals surface area contributed by atoms with E-state index >= 15 is 0 Å². The number of nitrogen functional groups attached to an aromatic ring is 2. The fourth-order valence-corrected chi connectivity index (χ4v) is 2.17. The van der Waals surface area contributed by atoms with E-state index in [0.717, 1.165) is 19.5 Å². The fraction of sp³-hybridized carbons (Fsp3) is 0.727. The molecule has 0 bridgehead atoms. The van der Waals surface area contributed by atoms with Gasteiger partial charge in [0, 0.05) is 6.54 Å². The number of nitrogens with one attached hydrogen (secondary N) is 1. The monoisotopic (exact) mass is 251 g/mol. The minimum atomic E-state index is 0.154. The number of anilines is 3. The molecule has 1 fully saturated rings. The van der Waals surface area contributed by atoms with Gasteiger partial charge in [0.15, 0.2) is 0 Å². The zero-order chi connectivity index (χ0) is 12.8. The number of nitrogens with two attached hydrogens (primary N) is 2. The number of rotatable bonds is 5. The molecule has 0 amide bonds. The van der Waals surface area contributed by atoms with E-state index in [4.69, 9.17) is 11.5 Å². The molecule has 5 N–H and O–H groups in total. The third-order valence-corrected chi connectivity index (χ3v) is 3.05. The molecule has 0 aliphatic carbocycles. The van der Waals surface area contributed by atoms with E-state index < -0.39 is 0 Å². The van der Waals surface area contributed by atoms with E-state index in [1.165, 1.54) is 32.4 Å². The van der Waals surface area contributed by atoms with Gasteiger partial charge in [-0.05, 0) is 38.9 Å². The zero-order valence-electron chi connectivity index (χ0n) is 10.6. The molecule has 0 spiro atoms. The highest BCUT2D eigenvalue weighted by molar-refractivity contribution is 5.36. The molecule has 1 aromatic rings. The lowest BCUT2D eigenvalue weighted by Crippen LogP contribution is -2.31. The van der Waals surface area contributed by atoms with E-state index in [0.29, 0.717) is 5.95 Å². The molecule has 7 nitrogen and oxygen atoms in total. The normalized spacial score (nSPS) is 16.7. The molecule has 0 aromatic carbocycles. The van der Waals surface area contributed by atoms with Gasteiger partial charge in [-0.3, -0.25) is 0 Å². The SMILES string of the molecule is Nc1nc(N)nc(NCCCN2CCCCC2)n1. The molecule has 0 unspecified atom stereocenters. The summed E-state index contributed by atoms with van der Waals surface area (Å²) in [5.74, 6) is 0.765. The summed E-state index contributed by atoms with van der Waals surface area (Å²) in [7, 11) is 0. The molecule has 7 heteroatoms. The van der Waals surface area contributed by atoms with Crippen LogP contribution in [0.1, 0.15) is 25.7 Å². The quantitative estimate of drug-likeness (QED) is 0.647. The first kappa shape index (κ1) is 12.8. The molecule has 0 radical (unpaired) electrons. The highest BCUT2D eigenvalue weighted by Crippen LogP contribution is 2.09. The van der Waals surface area contributed by atoms with Crippen LogP contribution in [0.3, 0.4) is 0 Å². The maximum Gasteiger partial charge on any atom is 0.229 e. The van der Waals surface area contributed by atoms with E-state index in [1.807, 2.05) is 0 Å². The standard InChI is InChI=1S/C11H21N7/c12-9-15-10(13)17-11(16-9)14-5-4-8-18-6-2-1-3-7-18/h1-8H2,(H5,12,13,14,15,16,17). The molecule has 0 saturated carbocycles. The Kier molecular flexibility index (Phi) is 4.52. The summed E-state index contributed by atoms with van der Waals surface area (Å²) in [4.78, 5) is 14.2. The Morgan fingerprint density at radius 2 is 1.67 bits per heavy atom. The summed E-state index contributed by atoms with van der Waals surface area (Å²) in [6.45, 7) is 4.39. The van der Waals surface area contributed by atoms with E-state index in [-0.39, 0.29) is 11.9 Å². The van der Waals surface area contributed by atoms with Crippen LogP contribution in [-0.2, 0) is 0 Å². The van der Waals surface area contributed by atoms with E-state index in [1.54, 1.807) is 0 Å². The Hall–Kier alpha value is -1.63. The number of hydrogen-bond acceptors (Lipinski definition) is 7. The maximum atomic E-state index is 5.49. The molecule has 0 atom stereocenters. The van der Waals surface area contributed by atoms with Crippen LogP contribution >= 0.6 is 0 Å². The number of aromatic nitrogens is 3. The van der Waals surface area contributed by atoms with Crippen LogP contribution in [0.4, 0.5) is 17.8 Å². The molecule has 2 rings (SSSR count). The molecule has 1 aliphatic heterocycles. The molecule has 1 aliphatic rings. The zero-order valence-corrected chi connectivity index (χ0v) is 10.6. The van der Waals surface area contributed by atoms with Gasteiger partial charge in [0.2, 0.25) is 17.8 Å². The van der Waals surface area contributed by atoms with Gasteiger partial charge in [0.1, 0.15) is 0 Å². The van der Waals surface area contributed by atoms with E-state index in [9.17, 15) is 0 Å². The minimum Gasteiger partial charge on any atom is -0.368 e. The Morgan fingerprint density at radius 3 is 2.33 bits per heavy atom. The lowest BCUT2D eigenvalue weighted by Gasteiger charge is -2.26. The molecular weight excluding hydrogens is 230 g/mol. The van der Waals surface area contributed by atoms with Gasteiger partial charge >= 0.3 is 0 Å². The van der Waals surface area contributed by atoms with Crippen LogP contribution in [0, 0.1) is 0 Å². The van der Waals surface area contributed by atoms with Gasteiger partial charge in [-0.25, -0.2) is 0 Å². The fourth-order valence-electron chi connectivity index (χ4n) is 2.17. The Labute approximate surface area is 107 Å². The van der Waals surface area contributed by atoms with E-state index in [2.05, 4.69) is 25.2 Å². The molecule has 18 heavy (non-hydrogen) atoms. The Balaban J connectivity index is 1.68. The highest BCUT2D eigenvalue weighted by Gasteiger charge is 2.09. The summed E-state index contributed by atoms with van der Waals surface area (Å²) >= 11 is 0. The van der Waals surface area contributed by atoms with Crippen LogP contribution in [-0.4, -0.2) is 46.0 Å². The van der Waals surface area contributed by atoms with Crippen LogP contribution in [0.2, 0.25) is 0 Å². The number of nitrogens with zero attached hydrogens (tertiary/aromatic N) is 4. The molecule has 1 aromatic heterocycles. The van der Waals surface area contributed by atoms with Gasteiger partial charge in [-0.15, -0.1) is 0 Å². The first-order valence-corrected chi connectivity index (χ1v) is 6.47. The minimum absolute atomic E-state index is 0.154. The number of likely N-dealkylation sites (tertiary alicyclic amines) is 1. The van der Waals surface area contributed by atoms with Crippen molar-refractivity contribution in [1.29, 1.82) is 0 Å². The van der Waals surface area contributed by atoms with Crippen molar-refractivity contribution >= 4 is 17.8 Å². The summed E-state index contributed by atoms with van der Waals surface area (Å²) in [6.07, 6.45) is 5.09. The first-order valence-electron chi connectivity index (χ1n) is 6.47. The third-order valence-electron chi connectivity index (χ3n) is 3.05. The summed E-state index contributed by atoms with van der Waals surface area (Å²) in [5.41, 5.74) is 11.0. The van der Waals surface area contributed by atoms with Crippen molar-refractivity contribution < 1.29 is 0 Å². The topological polar surface area (TPSA) is 106 Å². The van der Waals surface area contributed by atoms with Gasteiger partial charge in [0.25, 0.3) is 0 Å². The highest BCUT2D eigenvalue weighted by atomic mass is 15.2. The Bertz CT molecular complexity index is 355. The third kappa shape index (κ3) is 3.99. The largest absolute Gasteiger partial charge is 0.368 e. The van der Waals surface area contributed by atoms with Crippen molar-refractivity contribution in [3.8, 4) is 0 Å². The van der Waals surface area contributed by atoms with Crippen molar-refractivity contribution in [2.45, 2.75) is 25.7 Å². The van der Waals surface area contributed by atoms with Crippen molar-refractivity contribution in [3.63, 3.8) is 0 Å². The predicted molar refractivity (Wildman–Crippen MR) is 72.0 cm³/mol. The second-order valence-corrected chi connectivity index (χ2v) is 4.56. The van der Waals surface area contributed by atoms with Crippen LogP contribution < -0.4 is 16.8 Å². The number of piperidine rings is 1. The smallest absolute Gasteiger partial charge is 0.229 e. The van der Waals surface area contributed by atoms with Crippen molar-refractivity contribution in [1.82, 2.24) is 19.9 Å². The second-order valence-electron chi connectivity index (χ2n) is 4.56. The van der Waals surface area contributed by atoms with Crippen LogP contribution in [0.5, 0.6) is 0 Å². The average molecular weight is 251 g/mol. The van der Waals surface area contributed by atoms with Gasteiger partial charge in [-0.1, -0.05) is 6.42 Å². The summed E-state index contributed by atoms with van der Waals surface area (Å²) in [5, 5.41) is 3.12. The summed E-state index contributed by atoms with van der Waals surface area (Å²) in [6, 6.07) is 0. The molecule has 100 valence electrons. The maximum absolute atomic E-state index is 5.49. The molecular formula is C11H21N7. The predicted octanol–water partition coefficient (Wildman–Crippen LogP) is 0.324. The summed E-state index contributed by atoms with van der Waals surface area (Å²) < 4.78 is 0. The lowest BCUT2D eigenvalue weighted by molar-refractivity contribution is 0.228. The van der Waals surface area contributed by atoms with Gasteiger partial charge in [0.05, 0.1) is 0 Å².